The largest absolute Gasteiger partial charge is 0.316 e. The van der Waals surface area contributed by atoms with Crippen LogP contribution in [0.4, 0.5) is 10.9 Å². The van der Waals surface area contributed by atoms with E-state index < -0.39 is 9.84 Å². The third kappa shape index (κ3) is 3.72. The third-order valence-electron chi connectivity index (χ3n) is 4.43. The highest BCUT2D eigenvalue weighted by atomic mass is 35.5. The lowest BCUT2D eigenvalue weighted by atomic mass is 9.91. The zero-order valence-corrected chi connectivity index (χ0v) is 17.2. The zero-order valence-electron chi connectivity index (χ0n) is 14.9. The van der Waals surface area contributed by atoms with Gasteiger partial charge in [-0.2, -0.15) is 0 Å². The molecule has 1 aliphatic carbocycles. The summed E-state index contributed by atoms with van der Waals surface area (Å²) in [4.78, 5) is 10.4. The highest BCUT2D eigenvalue weighted by molar-refractivity contribution is 7.91. The van der Waals surface area contributed by atoms with Crippen LogP contribution in [0.15, 0.2) is 52.3 Å². The van der Waals surface area contributed by atoms with Crippen molar-refractivity contribution in [2.24, 2.45) is 5.41 Å². The van der Waals surface area contributed by atoms with Crippen LogP contribution in [0.5, 0.6) is 0 Å². The molecule has 1 N–H and O–H groups in total. The maximum Gasteiger partial charge on any atom is 0.206 e. The summed E-state index contributed by atoms with van der Waals surface area (Å²) >= 11 is 7.67. The molecular formula is C19H18ClN3O2S2. The molecule has 3 aromatic rings. The van der Waals surface area contributed by atoms with Gasteiger partial charge in [-0.3, -0.25) is 0 Å². The first-order valence-corrected chi connectivity index (χ1v) is 11.1. The lowest BCUT2D eigenvalue weighted by Gasteiger charge is -2.15. The van der Waals surface area contributed by atoms with Gasteiger partial charge in [-0.15, -0.1) is 11.3 Å². The molecule has 4 rings (SSSR count). The summed E-state index contributed by atoms with van der Waals surface area (Å²) in [6.07, 6.45) is 1.94. The molecule has 140 valence electrons. The van der Waals surface area contributed by atoms with Gasteiger partial charge in [0, 0.05) is 10.9 Å². The number of nitrogens with zero attached hydrogens (tertiary/aromatic N) is 2. The standard InChI is InChI=1S/C19H18ClN3O2S2/c1-19(2)10-14-15(11-19)26-18(21-14)23-17-9-13(8-16(20)22-17)27(24,25)12-6-4-3-5-7-12/h3-9H,10-11H2,1-2H3,(H,21,22,23). The second kappa shape index (κ2) is 6.58. The van der Waals surface area contributed by atoms with Crippen molar-refractivity contribution in [2.45, 2.75) is 36.5 Å². The Morgan fingerprint density at radius 3 is 2.52 bits per heavy atom. The smallest absolute Gasteiger partial charge is 0.206 e. The van der Waals surface area contributed by atoms with Crippen LogP contribution in [0, 0.1) is 5.41 Å². The van der Waals surface area contributed by atoms with Gasteiger partial charge in [-0.25, -0.2) is 18.4 Å². The number of sulfone groups is 1. The minimum Gasteiger partial charge on any atom is -0.316 e. The molecular weight excluding hydrogens is 402 g/mol. The van der Waals surface area contributed by atoms with Gasteiger partial charge in [-0.1, -0.05) is 43.6 Å². The molecule has 8 heteroatoms. The van der Waals surface area contributed by atoms with E-state index in [4.69, 9.17) is 11.6 Å². The normalized spacial score (nSPS) is 15.5. The fraction of sp³-hybridized carbons (Fsp3) is 0.263. The van der Waals surface area contributed by atoms with Crippen LogP contribution < -0.4 is 5.32 Å². The van der Waals surface area contributed by atoms with Crippen LogP contribution in [0.25, 0.3) is 0 Å². The van der Waals surface area contributed by atoms with Crippen LogP contribution >= 0.6 is 22.9 Å². The number of thiazole rings is 1. The predicted molar refractivity (Wildman–Crippen MR) is 108 cm³/mol. The molecule has 1 aliphatic rings. The number of fused-ring (bicyclic) bond motifs is 1. The van der Waals surface area contributed by atoms with Crippen LogP contribution in [0.2, 0.25) is 5.15 Å². The molecule has 0 aliphatic heterocycles. The molecule has 2 heterocycles. The average Bonchev–Trinajstić information content (AvgIpc) is 3.07. The minimum atomic E-state index is -3.67. The Labute approximate surface area is 167 Å². The van der Waals surface area contributed by atoms with Crippen molar-refractivity contribution in [1.29, 1.82) is 0 Å². The molecule has 0 spiro atoms. The summed E-state index contributed by atoms with van der Waals surface area (Å²) in [5.41, 5.74) is 1.35. The van der Waals surface area contributed by atoms with Gasteiger partial charge < -0.3 is 5.32 Å². The van der Waals surface area contributed by atoms with Crippen LogP contribution in [-0.4, -0.2) is 18.4 Å². The molecule has 0 radical (unpaired) electrons. The number of nitrogens with one attached hydrogen (secondary N) is 1. The summed E-state index contributed by atoms with van der Waals surface area (Å²) in [7, 11) is -3.67. The van der Waals surface area contributed by atoms with E-state index in [1.165, 1.54) is 17.0 Å². The molecule has 0 amide bonds. The van der Waals surface area contributed by atoms with Crippen molar-refractivity contribution in [1.82, 2.24) is 9.97 Å². The minimum absolute atomic E-state index is 0.0985. The number of halogens is 1. The highest BCUT2D eigenvalue weighted by Gasteiger charge is 2.31. The van der Waals surface area contributed by atoms with Gasteiger partial charge in [0.1, 0.15) is 11.0 Å². The Hall–Kier alpha value is -1.96. The molecule has 0 saturated heterocycles. The Morgan fingerprint density at radius 2 is 1.81 bits per heavy atom. The second-order valence-corrected chi connectivity index (χ2v) is 10.8. The van der Waals surface area contributed by atoms with Crippen molar-refractivity contribution >= 4 is 43.7 Å². The Morgan fingerprint density at radius 1 is 1.07 bits per heavy atom. The third-order valence-corrected chi connectivity index (χ3v) is 7.39. The van der Waals surface area contributed by atoms with E-state index in [1.54, 1.807) is 41.7 Å². The van der Waals surface area contributed by atoms with E-state index in [0.29, 0.717) is 10.9 Å². The number of rotatable bonds is 4. The van der Waals surface area contributed by atoms with E-state index in [2.05, 4.69) is 29.1 Å². The first-order valence-electron chi connectivity index (χ1n) is 8.46. The molecule has 0 fully saturated rings. The SMILES string of the molecule is CC1(C)Cc2nc(Nc3cc(S(=O)(=O)c4ccccc4)cc(Cl)n3)sc2C1. The van der Waals surface area contributed by atoms with Gasteiger partial charge in [0.25, 0.3) is 0 Å². The van der Waals surface area contributed by atoms with Gasteiger partial charge >= 0.3 is 0 Å². The van der Waals surface area contributed by atoms with E-state index in [9.17, 15) is 8.42 Å². The first kappa shape index (κ1) is 18.4. The average molecular weight is 420 g/mol. The Balaban J connectivity index is 1.64. The second-order valence-electron chi connectivity index (χ2n) is 7.36. The number of aromatic nitrogens is 2. The van der Waals surface area contributed by atoms with Crippen molar-refractivity contribution in [3.8, 4) is 0 Å². The Kier molecular flexibility index (Phi) is 4.49. The van der Waals surface area contributed by atoms with Gasteiger partial charge in [0.05, 0.1) is 15.5 Å². The Bertz CT molecular complexity index is 1080. The molecule has 0 saturated carbocycles. The maximum atomic E-state index is 12.8. The molecule has 0 bridgehead atoms. The molecule has 0 unspecified atom stereocenters. The molecule has 5 nitrogen and oxygen atoms in total. The topological polar surface area (TPSA) is 72.0 Å². The van der Waals surface area contributed by atoms with E-state index in [1.807, 2.05) is 0 Å². The van der Waals surface area contributed by atoms with Gasteiger partial charge in [-0.05, 0) is 36.5 Å². The zero-order chi connectivity index (χ0) is 19.2. The van der Waals surface area contributed by atoms with Crippen LogP contribution in [0.1, 0.15) is 24.4 Å². The monoisotopic (exact) mass is 419 g/mol. The molecule has 2 aromatic heterocycles. The first-order chi connectivity index (χ1) is 12.7. The van der Waals surface area contributed by atoms with Crippen molar-refractivity contribution < 1.29 is 8.42 Å². The van der Waals surface area contributed by atoms with E-state index in [0.717, 1.165) is 18.5 Å². The summed E-state index contributed by atoms with van der Waals surface area (Å²) in [5.74, 6) is 0.365. The lowest BCUT2D eigenvalue weighted by Crippen LogP contribution is -2.10. The number of hydrogen-bond acceptors (Lipinski definition) is 6. The number of hydrogen-bond donors (Lipinski definition) is 1. The highest BCUT2D eigenvalue weighted by Crippen LogP contribution is 2.41. The van der Waals surface area contributed by atoms with Gasteiger partial charge in [0.2, 0.25) is 9.84 Å². The lowest BCUT2D eigenvalue weighted by molar-refractivity contribution is 0.391. The maximum absolute atomic E-state index is 12.8. The number of benzene rings is 1. The van der Waals surface area contributed by atoms with Crippen LogP contribution in [0.3, 0.4) is 0 Å². The van der Waals surface area contributed by atoms with E-state index in [-0.39, 0.29) is 20.4 Å². The summed E-state index contributed by atoms with van der Waals surface area (Å²) in [6, 6.07) is 11.1. The fourth-order valence-electron chi connectivity index (χ4n) is 3.20. The van der Waals surface area contributed by atoms with Crippen molar-refractivity contribution in [3.63, 3.8) is 0 Å². The van der Waals surface area contributed by atoms with Crippen LogP contribution in [-0.2, 0) is 22.7 Å². The molecule has 0 atom stereocenters. The summed E-state index contributed by atoms with van der Waals surface area (Å²) < 4.78 is 25.7. The number of anilines is 2. The van der Waals surface area contributed by atoms with E-state index >= 15 is 0 Å². The summed E-state index contributed by atoms with van der Waals surface area (Å²) in [5, 5.41) is 3.93. The molecule has 27 heavy (non-hydrogen) atoms. The van der Waals surface area contributed by atoms with Crippen molar-refractivity contribution in [2.75, 3.05) is 5.32 Å². The fourth-order valence-corrected chi connectivity index (χ4v) is 6.04. The quantitative estimate of drug-likeness (QED) is 0.609. The number of pyridine rings is 1. The molecule has 1 aromatic carbocycles. The predicted octanol–water partition coefficient (Wildman–Crippen LogP) is 4.89. The summed E-state index contributed by atoms with van der Waals surface area (Å²) in [6.45, 7) is 4.46. The van der Waals surface area contributed by atoms with Gasteiger partial charge in [0.15, 0.2) is 5.13 Å². The van der Waals surface area contributed by atoms with Crippen molar-refractivity contribution in [3.05, 3.63) is 58.2 Å².